The van der Waals surface area contributed by atoms with Gasteiger partial charge in [0.1, 0.15) is 18.2 Å². The van der Waals surface area contributed by atoms with E-state index in [9.17, 15) is 9.18 Å². The van der Waals surface area contributed by atoms with Crippen LogP contribution >= 0.6 is 35.0 Å². The van der Waals surface area contributed by atoms with Crippen LogP contribution in [0, 0.1) is 5.82 Å². The molecule has 0 saturated heterocycles. The zero-order valence-corrected chi connectivity index (χ0v) is 18.0. The van der Waals surface area contributed by atoms with Crippen molar-refractivity contribution in [2.75, 3.05) is 11.1 Å². The van der Waals surface area contributed by atoms with Crippen molar-refractivity contribution in [3.63, 3.8) is 0 Å². The second kappa shape index (κ2) is 9.24. The SMILES string of the molecule is O=C(CSc1nnc(COc2ccccc2Cl)n1C1CC1)Nc1ccc(Cl)cc1F. The number of anilines is 1. The molecule has 1 heterocycles. The molecule has 30 heavy (non-hydrogen) atoms. The van der Waals surface area contributed by atoms with Crippen LogP contribution in [-0.2, 0) is 11.4 Å². The van der Waals surface area contributed by atoms with Crippen LogP contribution in [0.3, 0.4) is 0 Å². The highest BCUT2D eigenvalue weighted by Gasteiger charge is 2.30. The minimum Gasteiger partial charge on any atom is -0.484 e. The second-order valence-corrected chi connectivity index (χ2v) is 8.47. The molecule has 0 atom stereocenters. The number of amides is 1. The van der Waals surface area contributed by atoms with E-state index in [1.807, 2.05) is 16.7 Å². The summed E-state index contributed by atoms with van der Waals surface area (Å²) in [4.78, 5) is 12.2. The number of nitrogens with one attached hydrogen (secondary N) is 1. The number of hydrogen-bond acceptors (Lipinski definition) is 5. The maximum absolute atomic E-state index is 13.9. The Morgan fingerprint density at radius 2 is 2.03 bits per heavy atom. The van der Waals surface area contributed by atoms with E-state index in [0.29, 0.717) is 27.8 Å². The fraction of sp³-hybridized carbons (Fsp3) is 0.250. The Labute approximate surface area is 186 Å². The first-order valence-electron chi connectivity index (χ1n) is 9.20. The van der Waals surface area contributed by atoms with Crippen LogP contribution in [-0.4, -0.2) is 26.4 Å². The standard InChI is InChI=1S/C20H17Cl2FN4O2S/c21-12-5-8-16(15(23)9-12)24-19(28)11-30-20-26-25-18(27(20)13-6-7-13)10-29-17-4-2-1-3-14(17)22/h1-5,8-9,13H,6-7,10-11H2,(H,24,28). The molecule has 0 spiro atoms. The van der Waals surface area contributed by atoms with E-state index in [2.05, 4.69) is 15.5 Å². The van der Waals surface area contributed by atoms with Crippen LogP contribution in [0.5, 0.6) is 5.75 Å². The number of ether oxygens (including phenoxy) is 1. The third-order valence-electron chi connectivity index (χ3n) is 4.38. The summed E-state index contributed by atoms with van der Waals surface area (Å²) in [6.07, 6.45) is 2.04. The van der Waals surface area contributed by atoms with Crippen molar-refractivity contribution in [3.8, 4) is 5.75 Å². The lowest BCUT2D eigenvalue weighted by atomic mass is 10.3. The van der Waals surface area contributed by atoms with Crippen molar-refractivity contribution < 1.29 is 13.9 Å². The predicted octanol–water partition coefficient (Wildman–Crippen LogP) is 5.37. The molecule has 0 aliphatic heterocycles. The second-order valence-electron chi connectivity index (χ2n) is 6.68. The number of aromatic nitrogens is 3. The Morgan fingerprint density at radius 1 is 1.23 bits per heavy atom. The molecule has 1 aromatic heterocycles. The fourth-order valence-corrected chi connectivity index (χ4v) is 3.99. The van der Waals surface area contributed by atoms with Crippen molar-refractivity contribution in [3.05, 3.63) is 64.2 Å². The van der Waals surface area contributed by atoms with Gasteiger partial charge in [-0.15, -0.1) is 10.2 Å². The summed E-state index contributed by atoms with van der Waals surface area (Å²) in [6, 6.07) is 11.6. The van der Waals surface area contributed by atoms with Gasteiger partial charge in [0.25, 0.3) is 0 Å². The average Bonchev–Trinajstić information content (AvgIpc) is 3.48. The number of para-hydroxylation sites is 1. The highest BCUT2D eigenvalue weighted by molar-refractivity contribution is 7.99. The van der Waals surface area contributed by atoms with Crippen molar-refractivity contribution >= 4 is 46.6 Å². The van der Waals surface area contributed by atoms with E-state index in [4.69, 9.17) is 27.9 Å². The van der Waals surface area contributed by atoms with Crippen LogP contribution in [0.25, 0.3) is 0 Å². The third kappa shape index (κ3) is 5.06. The Hall–Kier alpha value is -2.29. The Balaban J connectivity index is 1.39. The molecule has 1 aliphatic carbocycles. The number of thioether (sulfide) groups is 1. The van der Waals surface area contributed by atoms with E-state index in [1.165, 1.54) is 23.9 Å². The first-order chi connectivity index (χ1) is 14.5. The predicted molar refractivity (Wildman–Crippen MR) is 115 cm³/mol. The first kappa shape index (κ1) is 21.0. The van der Waals surface area contributed by atoms with Crippen molar-refractivity contribution in [2.45, 2.75) is 30.6 Å². The summed E-state index contributed by atoms with van der Waals surface area (Å²) >= 11 is 13.1. The van der Waals surface area contributed by atoms with Gasteiger partial charge in [-0.05, 0) is 43.2 Å². The summed E-state index contributed by atoms with van der Waals surface area (Å²) < 4.78 is 21.6. The highest BCUT2D eigenvalue weighted by atomic mass is 35.5. The number of carbonyl (C=O) groups is 1. The minimum absolute atomic E-state index is 0.0677. The third-order valence-corrected chi connectivity index (χ3v) is 5.87. The maximum Gasteiger partial charge on any atom is 0.234 e. The van der Waals surface area contributed by atoms with Crippen molar-refractivity contribution in [1.29, 1.82) is 0 Å². The normalized spacial score (nSPS) is 13.3. The molecule has 10 heteroatoms. The van der Waals surface area contributed by atoms with E-state index < -0.39 is 5.82 Å². The molecule has 0 radical (unpaired) electrons. The van der Waals surface area contributed by atoms with Gasteiger partial charge in [0.15, 0.2) is 11.0 Å². The molecular formula is C20H17Cl2FN4O2S. The van der Waals surface area contributed by atoms with Gasteiger partial charge >= 0.3 is 0 Å². The Kier molecular flexibility index (Phi) is 6.46. The van der Waals surface area contributed by atoms with Gasteiger partial charge in [-0.1, -0.05) is 47.1 Å². The molecule has 1 aliphatic rings. The van der Waals surface area contributed by atoms with Crippen LogP contribution in [0.15, 0.2) is 47.6 Å². The van der Waals surface area contributed by atoms with Gasteiger partial charge in [0.05, 0.1) is 16.5 Å². The van der Waals surface area contributed by atoms with E-state index in [0.717, 1.165) is 18.9 Å². The maximum atomic E-state index is 13.9. The summed E-state index contributed by atoms with van der Waals surface area (Å²) in [5.41, 5.74) is 0.0856. The zero-order chi connectivity index (χ0) is 21.1. The molecule has 1 saturated carbocycles. The first-order valence-corrected chi connectivity index (χ1v) is 10.9. The summed E-state index contributed by atoms with van der Waals surface area (Å²) in [5.74, 6) is 0.381. The minimum atomic E-state index is -0.582. The van der Waals surface area contributed by atoms with Gasteiger partial charge in [-0.3, -0.25) is 9.36 Å². The molecule has 3 aromatic rings. The Bertz CT molecular complexity index is 1070. The molecule has 6 nitrogen and oxygen atoms in total. The number of benzene rings is 2. The molecule has 1 amide bonds. The summed E-state index contributed by atoms with van der Waals surface area (Å²) in [7, 11) is 0. The number of rotatable bonds is 8. The van der Waals surface area contributed by atoms with Gasteiger partial charge < -0.3 is 10.1 Å². The van der Waals surface area contributed by atoms with E-state index in [1.54, 1.807) is 12.1 Å². The smallest absolute Gasteiger partial charge is 0.234 e. The Morgan fingerprint density at radius 3 is 2.77 bits per heavy atom. The average molecular weight is 467 g/mol. The van der Waals surface area contributed by atoms with Crippen molar-refractivity contribution in [1.82, 2.24) is 14.8 Å². The lowest BCUT2D eigenvalue weighted by molar-refractivity contribution is -0.113. The van der Waals surface area contributed by atoms with Crippen LogP contribution in [0.4, 0.5) is 10.1 Å². The van der Waals surface area contributed by atoms with E-state index in [-0.39, 0.29) is 29.0 Å². The fourth-order valence-electron chi connectivity index (χ4n) is 2.82. The van der Waals surface area contributed by atoms with Crippen LogP contribution in [0.2, 0.25) is 10.0 Å². The molecular weight excluding hydrogens is 450 g/mol. The largest absolute Gasteiger partial charge is 0.484 e. The molecule has 2 aromatic carbocycles. The van der Waals surface area contributed by atoms with Gasteiger partial charge in [0, 0.05) is 11.1 Å². The number of hydrogen-bond donors (Lipinski definition) is 1. The monoisotopic (exact) mass is 466 g/mol. The molecule has 0 unspecified atom stereocenters. The van der Waals surface area contributed by atoms with Crippen LogP contribution < -0.4 is 10.1 Å². The summed E-state index contributed by atoms with van der Waals surface area (Å²) in [5, 5.41) is 12.4. The lowest BCUT2D eigenvalue weighted by Gasteiger charge is -2.11. The zero-order valence-electron chi connectivity index (χ0n) is 15.6. The van der Waals surface area contributed by atoms with Gasteiger partial charge in [-0.25, -0.2) is 4.39 Å². The lowest BCUT2D eigenvalue weighted by Crippen LogP contribution is -2.15. The number of halogens is 3. The molecule has 156 valence electrons. The molecule has 0 bridgehead atoms. The molecule has 1 N–H and O–H groups in total. The topological polar surface area (TPSA) is 69.0 Å². The van der Waals surface area contributed by atoms with Crippen molar-refractivity contribution in [2.24, 2.45) is 0 Å². The summed E-state index contributed by atoms with van der Waals surface area (Å²) in [6.45, 7) is 0.218. The van der Waals surface area contributed by atoms with Crippen LogP contribution in [0.1, 0.15) is 24.7 Å². The van der Waals surface area contributed by atoms with Gasteiger partial charge in [-0.2, -0.15) is 0 Å². The number of carbonyl (C=O) groups excluding carboxylic acids is 1. The molecule has 4 rings (SSSR count). The quantitative estimate of drug-likeness (QED) is 0.452. The van der Waals surface area contributed by atoms with Gasteiger partial charge in [0.2, 0.25) is 5.91 Å². The number of nitrogens with zero attached hydrogens (tertiary/aromatic N) is 3. The van der Waals surface area contributed by atoms with E-state index >= 15 is 0 Å². The highest BCUT2D eigenvalue weighted by Crippen LogP contribution is 2.39. The molecule has 1 fully saturated rings.